The first-order valence-electron chi connectivity index (χ1n) is 16.4. The highest BCUT2D eigenvalue weighted by molar-refractivity contribution is 5.94. The fourth-order valence-electron chi connectivity index (χ4n) is 5.47. The number of nitrogens with one attached hydrogen (secondary N) is 2. The van der Waals surface area contributed by atoms with E-state index in [1.807, 2.05) is 24.3 Å². The predicted octanol–water partition coefficient (Wildman–Crippen LogP) is 5.87. The van der Waals surface area contributed by atoms with Crippen molar-refractivity contribution in [2.75, 3.05) is 13.2 Å². The molecule has 1 unspecified atom stereocenters. The lowest BCUT2D eigenvalue weighted by Gasteiger charge is -2.23. The first-order valence-corrected chi connectivity index (χ1v) is 16.4. The van der Waals surface area contributed by atoms with Crippen molar-refractivity contribution in [2.45, 2.75) is 77.6 Å². The molecule has 19 heteroatoms. The lowest BCUT2D eigenvalue weighted by atomic mass is 9.98. The van der Waals surface area contributed by atoms with Crippen molar-refractivity contribution in [2.24, 2.45) is 5.92 Å². The highest BCUT2D eigenvalue weighted by Gasteiger charge is 2.62. The maximum absolute atomic E-state index is 15.1. The summed E-state index contributed by atoms with van der Waals surface area (Å²) in [6.45, 7) is 4.35. The number of amides is 1. The second-order valence-electron chi connectivity index (χ2n) is 12.3. The van der Waals surface area contributed by atoms with Crippen LogP contribution in [0.3, 0.4) is 0 Å². The summed E-state index contributed by atoms with van der Waals surface area (Å²) in [7, 11) is 0. The lowest BCUT2D eigenvalue weighted by molar-refractivity contribution is -0.492. The minimum absolute atomic E-state index is 0.00797. The predicted molar refractivity (Wildman–Crippen MR) is 173 cm³/mol. The van der Waals surface area contributed by atoms with Crippen molar-refractivity contribution in [3.63, 3.8) is 0 Å². The molecule has 14 nitrogen and oxygen atoms in total. The van der Waals surface area contributed by atoms with E-state index in [0.29, 0.717) is 23.4 Å². The molecule has 0 radical (unpaired) electrons. The number of alkyl halides is 5. The van der Waals surface area contributed by atoms with E-state index in [2.05, 4.69) is 35.8 Å². The van der Waals surface area contributed by atoms with Crippen LogP contribution in [0.15, 0.2) is 48.5 Å². The third kappa shape index (κ3) is 10.1. The average molecular weight is 739 g/mol. The minimum Gasteiger partial charge on any atom is -0.463 e. The molecule has 0 aliphatic rings. The van der Waals surface area contributed by atoms with Crippen molar-refractivity contribution in [3.8, 4) is 22.5 Å². The monoisotopic (exact) mass is 738 g/mol. The van der Waals surface area contributed by atoms with Crippen LogP contribution in [0.25, 0.3) is 22.5 Å². The quantitative estimate of drug-likeness (QED) is 0.0415. The molecule has 2 aromatic carbocycles. The Balaban J connectivity index is 1.67. The third-order valence-corrected chi connectivity index (χ3v) is 7.79. The van der Waals surface area contributed by atoms with Gasteiger partial charge in [0.05, 0.1) is 18.0 Å². The average Bonchev–Trinajstić information content (AvgIpc) is 3.75. The molecule has 1 amide bonds. The van der Waals surface area contributed by atoms with E-state index in [-0.39, 0.29) is 50.6 Å². The van der Waals surface area contributed by atoms with Gasteiger partial charge in [-0.1, -0.05) is 69.3 Å². The SMILES string of the molecule is CCCc1nc(C(F)(F)C(F)(F)F)c(C(=O)NC(COC(=O)CCCON(O)O)CC(C)C)n1Cc1ccc(-c2ccccc2-c2nnn[nH]2)cc1. The Morgan fingerprint density at radius 3 is 2.33 bits per heavy atom. The van der Waals surface area contributed by atoms with Crippen LogP contribution in [-0.4, -0.2) is 83.3 Å². The Bertz CT molecular complexity index is 1770. The highest BCUT2D eigenvalue weighted by atomic mass is 19.4. The topological polar surface area (TPSA) is 181 Å². The van der Waals surface area contributed by atoms with E-state index in [9.17, 15) is 22.8 Å². The van der Waals surface area contributed by atoms with Gasteiger partial charge in [0.25, 0.3) is 5.91 Å². The molecule has 282 valence electrons. The molecule has 0 spiro atoms. The number of aromatic amines is 1. The van der Waals surface area contributed by atoms with Crippen molar-refractivity contribution in [1.82, 2.24) is 40.9 Å². The lowest BCUT2D eigenvalue weighted by Crippen LogP contribution is -2.43. The molecule has 2 heterocycles. The number of benzene rings is 2. The van der Waals surface area contributed by atoms with Crippen LogP contribution < -0.4 is 5.32 Å². The van der Waals surface area contributed by atoms with Crippen molar-refractivity contribution in [1.29, 1.82) is 0 Å². The number of carbonyl (C=O) groups excluding carboxylic acids is 2. The molecule has 52 heavy (non-hydrogen) atoms. The molecule has 0 saturated heterocycles. The van der Waals surface area contributed by atoms with E-state index in [1.165, 1.54) is 0 Å². The number of hydrogen-bond acceptors (Lipinski definition) is 11. The summed E-state index contributed by atoms with van der Waals surface area (Å²) >= 11 is 0. The third-order valence-electron chi connectivity index (χ3n) is 7.79. The van der Waals surface area contributed by atoms with Gasteiger partial charge in [0.2, 0.25) is 0 Å². The van der Waals surface area contributed by atoms with Gasteiger partial charge >= 0.3 is 18.1 Å². The molecule has 0 bridgehead atoms. The van der Waals surface area contributed by atoms with Crippen LogP contribution >= 0.6 is 0 Å². The van der Waals surface area contributed by atoms with Crippen LogP contribution in [0.4, 0.5) is 22.0 Å². The first kappa shape index (κ1) is 39.9. The normalized spacial score (nSPS) is 12.8. The Hall–Kier alpha value is -4.85. The Labute approximate surface area is 294 Å². The molecule has 0 saturated carbocycles. The number of rotatable bonds is 18. The van der Waals surface area contributed by atoms with Gasteiger partial charge in [-0.25, -0.2) is 10.1 Å². The summed E-state index contributed by atoms with van der Waals surface area (Å²) < 4.78 is 78.1. The van der Waals surface area contributed by atoms with Gasteiger partial charge < -0.3 is 14.6 Å². The smallest absolute Gasteiger partial charge is 0.459 e. The van der Waals surface area contributed by atoms with Crippen LogP contribution in [-0.2, 0) is 33.3 Å². The van der Waals surface area contributed by atoms with Crippen LogP contribution in [0.1, 0.15) is 74.0 Å². The second kappa shape index (κ2) is 17.6. The van der Waals surface area contributed by atoms with Gasteiger partial charge in [-0.2, -0.15) is 22.0 Å². The molecule has 4 rings (SSSR count). The van der Waals surface area contributed by atoms with Gasteiger partial charge in [-0.3, -0.25) is 24.8 Å². The van der Waals surface area contributed by atoms with E-state index < -0.39 is 53.4 Å². The molecule has 4 N–H and O–H groups in total. The van der Waals surface area contributed by atoms with E-state index in [0.717, 1.165) is 15.7 Å². The molecule has 0 fully saturated rings. The molecule has 0 aliphatic heterocycles. The van der Waals surface area contributed by atoms with Crippen LogP contribution in [0.5, 0.6) is 0 Å². The largest absolute Gasteiger partial charge is 0.463 e. The number of H-pyrrole nitrogens is 1. The number of aryl methyl sites for hydroxylation is 1. The van der Waals surface area contributed by atoms with Gasteiger partial charge in [-0.15, -0.1) is 5.10 Å². The highest BCUT2D eigenvalue weighted by Crippen LogP contribution is 2.45. The number of halogens is 5. The second-order valence-corrected chi connectivity index (χ2v) is 12.3. The molecule has 4 aromatic rings. The number of carbonyl (C=O) groups is 2. The van der Waals surface area contributed by atoms with Gasteiger partial charge in [-0.05, 0) is 52.3 Å². The summed E-state index contributed by atoms with van der Waals surface area (Å²) in [5.74, 6) is -7.29. The van der Waals surface area contributed by atoms with E-state index in [4.69, 9.17) is 15.2 Å². The Morgan fingerprint density at radius 2 is 1.73 bits per heavy atom. The van der Waals surface area contributed by atoms with Crippen LogP contribution in [0.2, 0.25) is 0 Å². The molecule has 0 aliphatic carbocycles. The van der Waals surface area contributed by atoms with Crippen molar-refractivity contribution < 1.29 is 51.5 Å². The fraction of sp³-hybridized carbons (Fsp3) is 0.455. The van der Waals surface area contributed by atoms with E-state index in [1.54, 1.807) is 45.0 Å². The van der Waals surface area contributed by atoms with Gasteiger partial charge in [0.1, 0.15) is 18.1 Å². The van der Waals surface area contributed by atoms with Gasteiger partial charge in [0, 0.05) is 24.9 Å². The maximum atomic E-state index is 15.1. The summed E-state index contributed by atoms with van der Waals surface area (Å²) in [5.41, 5.74) is -0.00742. The van der Waals surface area contributed by atoms with E-state index >= 15 is 8.78 Å². The number of imidazole rings is 1. The number of ether oxygens (including phenoxy) is 1. The number of tetrazole rings is 1. The molecular formula is C33H39F5N8O6. The molecular weight excluding hydrogens is 699 g/mol. The number of esters is 1. The Morgan fingerprint density at radius 1 is 1.04 bits per heavy atom. The molecule has 2 aromatic heterocycles. The standard InChI is InChI=1S/C33H39F5N8O6/c1-4-8-26-40-29(32(34,35)33(36,37)38)28(31(48)39-23(17-20(2)3)19-51-27(47)11-7-16-52-46(49)50)45(26)18-21-12-14-22(15-13-21)24-9-5-6-10-25(24)30-41-43-44-42-30/h5-6,9-10,12-15,20,23,49-50H,4,7-8,11,16-19H2,1-3H3,(H,39,48)(H,41,42,43,44). The molecule has 1 atom stereocenters. The van der Waals surface area contributed by atoms with Gasteiger partial charge in [0.15, 0.2) is 11.5 Å². The zero-order chi connectivity index (χ0) is 38.1. The van der Waals surface area contributed by atoms with Crippen molar-refractivity contribution in [3.05, 3.63) is 71.3 Å². The summed E-state index contributed by atoms with van der Waals surface area (Å²) in [6, 6.07) is 13.1. The van der Waals surface area contributed by atoms with Crippen LogP contribution in [0, 0.1) is 5.92 Å². The maximum Gasteiger partial charge on any atom is 0.459 e. The summed E-state index contributed by atoms with van der Waals surface area (Å²) in [6.07, 6.45) is -5.72. The Kier molecular flexibility index (Phi) is 13.5. The number of aromatic nitrogens is 6. The number of nitrogens with zero attached hydrogens (tertiary/aromatic N) is 6. The first-order chi connectivity index (χ1) is 24.6. The summed E-state index contributed by atoms with van der Waals surface area (Å²) in [4.78, 5) is 34.3. The van der Waals surface area contributed by atoms with Crippen molar-refractivity contribution >= 4 is 11.9 Å². The number of hydrogen-bond donors (Lipinski definition) is 4. The zero-order valence-electron chi connectivity index (χ0n) is 28.5. The minimum atomic E-state index is -6.06. The summed E-state index contributed by atoms with van der Waals surface area (Å²) in [5, 5.41) is 33.1. The zero-order valence-corrected chi connectivity index (χ0v) is 28.5. The fourth-order valence-corrected chi connectivity index (χ4v) is 5.47.